The van der Waals surface area contributed by atoms with Gasteiger partial charge in [0.25, 0.3) is 0 Å². The summed E-state index contributed by atoms with van der Waals surface area (Å²) in [6, 6.07) is 16.1. The van der Waals surface area contributed by atoms with Crippen LogP contribution in [0.3, 0.4) is 0 Å². The minimum absolute atomic E-state index is 0.144. The molecule has 0 amide bonds. The van der Waals surface area contributed by atoms with Crippen LogP contribution in [0.15, 0.2) is 54.1 Å². The highest BCUT2D eigenvalue weighted by molar-refractivity contribution is 7.17. The molecule has 0 saturated heterocycles. The number of rotatable bonds is 2. The van der Waals surface area contributed by atoms with E-state index in [1.807, 2.05) is 19.1 Å². The van der Waals surface area contributed by atoms with Crippen molar-refractivity contribution in [3.8, 4) is 0 Å². The maximum absolute atomic E-state index is 12.9. The van der Waals surface area contributed by atoms with Crippen molar-refractivity contribution in [3.05, 3.63) is 86.8 Å². The molecule has 0 bridgehead atoms. The molecule has 2 heterocycles. The lowest BCUT2D eigenvalue weighted by Crippen LogP contribution is -2.31. The maximum Gasteiger partial charge on any atom is 0.197 e. The van der Waals surface area contributed by atoms with E-state index < -0.39 is 0 Å². The molecule has 150 valence electrons. The van der Waals surface area contributed by atoms with E-state index in [4.69, 9.17) is 0 Å². The number of ketones is 2. The van der Waals surface area contributed by atoms with Crippen LogP contribution in [0.1, 0.15) is 63.1 Å². The van der Waals surface area contributed by atoms with Crippen molar-refractivity contribution in [3.63, 3.8) is 0 Å². The molecule has 3 aromatic rings. The van der Waals surface area contributed by atoms with Gasteiger partial charge in [-0.15, -0.1) is 11.3 Å². The Morgan fingerprint density at radius 2 is 1.70 bits per heavy atom. The molecule has 1 aliphatic heterocycles. The first-order chi connectivity index (χ1) is 14.3. The van der Waals surface area contributed by atoms with Gasteiger partial charge in [-0.05, 0) is 49.2 Å². The van der Waals surface area contributed by atoms with E-state index in [0.29, 0.717) is 11.1 Å². The molecular weight excluding hydrogens is 390 g/mol. The monoisotopic (exact) mass is 413 g/mol. The molecule has 5 rings (SSSR count). The van der Waals surface area contributed by atoms with Crippen LogP contribution in [0.2, 0.25) is 0 Å². The second-order valence-corrected chi connectivity index (χ2v) is 9.58. The molecule has 0 N–H and O–H groups in total. The largest absolute Gasteiger partial charge is 0.333 e. The smallest absolute Gasteiger partial charge is 0.197 e. The third-order valence-electron chi connectivity index (χ3n) is 6.27. The number of carbonyl (C=O) groups is 2. The SMILES string of the molecule is CCN1c2ccccc2C(C)(C)c2cc(/C=C3\C(=O)c4ccc(C)cc4C3=O)sc21. The minimum atomic E-state index is -0.170. The van der Waals surface area contributed by atoms with Crippen LogP contribution in [0.5, 0.6) is 0 Å². The van der Waals surface area contributed by atoms with Crippen molar-refractivity contribution in [2.45, 2.75) is 33.1 Å². The summed E-state index contributed by atoms with van der Waals surface area (Å²) in [5.41, 5.74) is 5.92. The third-order valence-corrected chi connectivity index (χ3v) is 7.38. The Balaban J connectivity index is 1.63. The summed E-state index contributed by atoms with van der Waals surface area (Å²) in [5, 5.41) is 1.19. The lowest BCUT2D eigenvalue weighted by atomic mass is 9.75. The highest BCUT2D eigenvalue weighted by Crippen LogP contribution is 2.52. The van der Waals surface area contributed by atoms with Gasteiger partial charge in [0.15, 0.2) is 11.6 Å². The highest BCUT2D eigenvalue weighted by Gasteiger charge is 2.38. The first-order valence-electron chi connectivity index (χ1n) is 10.3. The Labute approximate surface area is 180 Å². The number of thiophene rings is 1. The summed E-state index contributed by atoms with van der Waals surface area (Å²) in [6.07, 6.45) is 1.79. The van der Waals surface area contributed by atoms with Crippen LogP contribution in [-0.2, 0) is 5.41 Å². The van der Waals surface area contributed by atoms with Crippen LogP contribution in [-0.4, -0.2) is 18.1 Å². The molecule has 0 atom stereocenters. The topological polar surface area (TPSA) is 37.4 Å². The quantitative estimate of drug-likeness (QED) is 0.365. The fraction of sp³-hybridized carbons (Fsp3) is 0.231. The van der Waals surface area contributed by atoms with Crippen LogP contribution in [0.25, 0.3) is 6.08 Å². The van der Waals surface area contributed by atoms with Gasteiger partial charge in [-0.25, -0.2) is 0 Å². The number of para-hydroxylation sites is 1. The summed E-state index contributed by atoms with van der Waals surface area (Å²) in [5.74, 6) is -0.337. The van der Waals surface area contributed by atoms with Crippen molar-refractivity contribution in [1.29, 1.82) is 0 Å². The summed E-state index contributed by atoms with van der Waals surface area (Å²) in [4.78, 5) is 29.1. The average Bonchev–Trinajstić information content (AvgIpc) is 3.25. The standard InChI is InChI=1S/C26H23NO2S/c1-5-27-22-9-7-6-8-20(22)26(3,4)21-14-16(30-25(21)27)13-19-23(28)17-11-10-15(2)12-18(17)24(19)29/h6-14H,5H2,1-4H3/b19-13+. The van der Waals surface area contributed by atoms with Gasteiger partial charge >= 0.3 is 0 Å². The summed E-state index contributed by atoms with van der Waals surface area (Å²) >= 11 is 1.65. The second-order valence-electron chi connectivity index (χ2n) is 8.52. The maximum atomic E-state index is 12.9. The third kappa shape index (κ3) is 2.56. The van der Waals surface area contributed by atoms with Crippen LogP contribution < -0.4 is 4.90 Å². The number of allylic oxidation sites excluding steroid dienone is 1. The molecule has 1 aromatic heterocycles. The Morgan fingerprint density at radius 3 is 2.47 bits per heavy atom. The predicted octanol–water partition coefficient (Wildman–Crippen LogP) is 6.32. The first kappa shape index (κ1) is 19.0. The fourth-order valence-corrected chi connectivity index (χ4v) is 5.97. The molecule has 0 unspecified atom stereocenters. The number of hydrogen-bond acceptors (Lipinski definition) is 4. The summed E-state index contributed by atoms with van der Waals surface area (Å²) < 4.78 is 0. The molecule has 0 radical (unpaired) electrons. The van der Waals surface area contributed by atoms with E-state index in [1.165, 1.54) is 21.8 Å². The van der Waals surface area contributed by atoms with Gasteiger partial charge in [-0.1, -0.05) is 49.7 Å². The van der Waals surface area contributed by atoms with Crippen molar-refractivity contribution < 1.29 is 9.59 Å². The lowest BCUT2D eigenvalue weighted by molar-refractivity contribution is 0.0990. The fourth-order valence-electron chi connectivity index (χ4n) is 4.64. The molecule has 2 aromatic carbocycles. The van der Waals surface area contributed by atoms with Gasteiger partial charge < -0.3 is 4.90 Å². The van der Waals surface area contributed by atoms with E-state index >= 15 is 0 Å². The average molecular weight is 414 g/mol. The van der Waals surface area contributed by atoms with Crippen molar-refractivity contribution in [1.82, 2.24) is 0 Å². The molecule has 0 saturated carbocycles. The molecule has 0 fully saturated rings. The van der Waals surface area contributed by atoms with E-state index in [-0.39, 0.29) is 22.6 Å². The van der Waals surface area contributed by atoms with Crippen molar-refractivity contribution in [2.24, 2.45) is 0 Å². The predicted molar refractivity (Wildman–Crippen MR) is 123 cm³/mol. The van der Waals surface area contributed by atoms with Gasteiger partial charge in [0, 0.05) is 33.7 Å². The highest BCUT2D eigenvalue weighted by atomic mass is 32.1. The van der Waals surface area contributed by atoms with E-state index in [2.05, 4.69) is 56.0 Å². The molecule has 4 heteroatoms. The number of hydrogen-bond donors (Lipinski definition) is 0. The lowest BCUT2D eigenvalue weighted by Gasteiger charge is -2.39. The van der Waals surface area contributed by atoms with Gasteiger partial charge in [-0.3, -0.25) is 9.59 Å². The number of aryl methyl sites for hydroxylation is 1. The van der Waals surface area contributed by atoms with Gasteiger partial charge in [0.2, 0.25) is 0 Å². The molecule has 2 aliphatic rings. The van der Waals surface area contributed by atoms with Crippen molar-refractivity contribution >= 4 is 39.7 Å². The molecular formula is C26H23NO2S. The Morgan fingerprint density at radius 1 is 0.967 bits per heavy atom. The number of benzene rings is 2. The first-order valence-corrected chi connectivity index (χ1v) is 11.1. The molecule has 0 spiro atoms. The van der Waals surface area contributed by atoms with Crippen LogP contribution in [0, 0.1) is 6.92 Å². The number of anilines is 2. The summed E-state index contributed by atoms with van der Waals surface area (Å²) in [7, 11) is 0. The van der Waals surface area contributed by atoms with Crippen LogP contribution in [0.4, 0.5) is 10.7 Å². The number of carbonyl (C=O) groups excluding carboxylic acids is 2. The minimum Gasteiger partial charge on any atom is -0.333 e. The van der Waals surface area contributed by atoms with Gasteiger partial charge in [-0.2, -0.15) is 0 Å². The van der Waals surface area contributed by atoms with Gasteiger partial charge in [0.1, 0.15) is 5.00 Å². The number of Topliss-reactive ketones (excluding diaryl/α,β-unsaturated/α-hetero) is 2. The van der Waals surface area contributed by atoms with Crippen LogP contribution >= 0.6 is 11.3 Å². The van der Waals surface area contributed by atoms with E-state index in [1.54, 1.807) is 23.5 Å². The molecule has 1 aliphatic carbocycles. The van der Waals surface area contributed by atoms with E-state index in [0.717, 1.165) is 17.0 Å². The number of fused-ring (bicyclic) bond motifs is 3. The van der Waals surface area contributed by atoms with E-state index in [9.17, 15) is 9.59 Å². The normalized spacial score (nSPS) is 17.9. The Bertz CT molecular complexity index is 1260. The molecule has 3 nitrogen and oxygen atoms in total. The second kappa shape index (κ2) is 6.51. The zero-order valence-corrected chi connectivity index (χ0v) is 18.4. The zero-order chi connectivity index (χ0) is 21.2. The zero-order valence-electron chi connectivity index (χ0n) is 17.6. The Kier molecular flexibility index (Phi) is 4.13. The Hall–Kier alpha value is -2.98. The van der Waals surface area contributed by atoms with Gasteiger partial charge in [0.05, 0.1) is 5.57 Å². The molecule has 30 heavy (non-hydrogen) atoms. The van der Waals surface area contributed by atoms with Crippen molar-refractivity contribution in [2.75, 3.05) is 11.4 Å². The summed E-state index contributed by atoms with van der Waals surface area (Å²) in [6.45, 7) is 9.43. The number of nitrogens with zero attached hydrogens (tertiary/aromatic N) is 1.